The summed E-state index contributed by atoms with van der Waals surface area (Å²) >= 11 is 0. The second-order valence-electron chi connectivity index (χ2n) is 6.83. The summed E-state index contributed by atoms with van der Waals surface area (Å²) in [4.78, 5) is 14.9. The van der Waals surface area contributed by atoms with Crippen LogP contribution >= 0.6 is 0 Å². The molecule has 21 heavy (non-hydrogen) atoms. The number of hydrogen-bond donors (Lipinski definition) is 1. The Balaban J connectivity index is 1.95. The van der Waals surface area contributed by atoms with Crippen molar-refractivity contribution in [2.75, 3.05) is 27.2 Å². The van der Waals surface area contributed by atoms with Crippen molar-refractivity contribution in [1.82, 2.24) is 10.2 Å². The van der Waals surface area contributed by atoms with Gasteiger partial charge in [-0.05, 0) is 65.1 Å². The molecule has 0 amide bonds. The molecule has 4 nitrogen and oxygen atoms in total. The van der Waals surface area contributed by atoms with E-state index in [-0.39, 0.29) is 5.97 Å². The van der Waals surface area contributed by atoms with E-state index < -0.39 is 5.54 Å². The van der Waals surface area contributed by atoms with Gasteiger partial charge in [-0.15, -0.1) is 0 Å². The standard InChI is InChI=1S/C17H32N2O2/c1-14-8-5-4-6-12-19(14)13-10-15-9-7-11-17(15,18-2)16(20)21-3/h14-15,18H,4-13H2,1-3H3. The molecule has 0 radical (unpaired) electrons. The zero-order chi connectivity index (χ0) is 15.3. The summed E-state index contributed by atoms with van der Waals surface area (Å²) in [5.74, 6) is 0.335. The van der Waals surface area contributed by atoms with E-state index in [9.17, 15) is 4.79 Å². The maximum Gasteiger partial charge on any atom is 0.326 e. The first kappa shape index (κ1) is 16.8. The Morgan fingerprint density at radius 3 is 2.81 bits per heavy atom. The third-order valence-corrected chi connectivity index (χ3v) is 5.77. The molecule has 1 saturated carbocycles. The smallest absolute Gasteiger partial charge is 0.326 e. The summed E-state index contributed by atoms with van der Waals surface area (Å²) in [5.41, 5.74) is -0.441. The SMILES string of the molecule is CNC1(C(=O)OC)CCCC1CCN1CCCCCC1C. The van der Waals surface area contributed by atoms with Crippen molar-refractivity contribution >= 4 is 5.97 Å². The number of ether oxygens (including phenoxy) is 1. The van der Waals surface area contributed by atoms with Crippen LogP contribution in [0.15, 0.2) is 0 Å². The van der Waals surface area contributed by atoms with Crippen LogP contribution in [0.2, 0.25) is 0 Å². The van der Waals surface area contributed by atoms with Crippen molar-refractivity contribution in [3.8, 4) is 0 Å². The fourth-order valence-electron chi connectivity index (χ4n) is 4.34. The second kappa shape index (κ2) is 7.59. The molecular formula is C17H32N2O2. The first-order chi connectivity index (χ1) is 10.1. The van der Waals surface area contributed by atoms with Crippen LogP contribution in [0.5, 0.6) is 0 Å². The number of nitrogens with zero attached hydrogens (tertiary/aromatic N) is 1. The average molecular weight is 296 g/mol. The van der Waals surface area contributed by atoms with Crippen LogP contribution in [0.1, 0.15) is 58.3 Å². The van der Waals surface area contributed by atoms with Crippen LogP contribution in [0.25, 0.3) is 0 Å². The molecular weight excluding hydrogens is 264 g/mol. The van der Waals surface area contributed by atoms with E-state index in [0.717, 1.165) is 32.2 Å². The zero-order valence-electron chi connectivity index (χ0n) is 14.0. The molecule has 0 bridgehead atoms. The third kappa shape index (κ3) is 3.59. The topological polar surface area (TPSA) is 41.6 Å². The van der Waals surface area contributed by atoms with Gasteiger partial charge in [-0.3, -0.25) is 4.79 Å². The van der Waals surface area contributed by atoms with Gasteiger partial charge in [-0.1, -0.05) is 19.3 Å². The summed E-state index contributed by atoms with van der Waals surface area (Å²) in [7, 11) is 3.41. The van der Waals surface area contributed by atoms with Gasteiger partial charge in [0.2, 0.25) is 0 Å². The highest BCUT2D eigenvalue weighted by Crippen LogP contribution is 2.39. The van der Waals surface area contributed by atoms with Crippen LogP contribution in [-0.2, 0) is 9.53 Å². The summed E-state index contributed by atoms with van der Waals surface area (Å²) in [5, 5.41) is 3.30. The van der Waals surface area contributed by atoms with E-state index in [1.54, 1.807) is 0 Å². The van der Waals surface area contributed by atoms with Gasteiger partial charge in [0, 0.05) is 6.04 Å². The van der Waals surface area contributed by atoms with Crippen LogP contribution in [0.4, 0.5) is 0 Å². The lowest BCUT2D eigenvalue weighted by atomic mass is 9.84. The molecule has 1 aliphatic heterocycles. The number of carbonyl (C=O) groups is 1. The lowest BCUT2D eigenvalue weighted by Gasteiger charge is -2.35. The molecule has 1 N–H and O–H groups in total. The number of nitrogens with one attached hydrogen (secondary N) is 1. The highest BCUT2D eigenvalue weighted by molar-refractivity contribution is 5.81. The number of methoxy groups -OCH3 is 1. The quantitative estimate of drug-likeness (QED) is 0.792. The van der Waals surface area contributed by atoms with Gasteiger partial charge < -0.3 is 15.0 Å². The normalized spacial score (nSPS) is 34.6. The van der Waals surface area contributed by atoms with E-state index in [1.165, 1.54) is 39.3 Å². The molecule has 122 valence electrons. The Morgan fingerprint density at radius 1 is 1.29 bits per heavy atom. The number of hydrogen-bond acceptors (Lipinski definition) is 4. The summed E-state index contributed by atoms with van der Waals surface area (Å²) < 4.78 is 5.08. The Kier molecular flexibility index (Phi) is 6.06. The predicted octanol–water partition coefficient (Wildman–Crippen LogP) is 2.57. The van der Waals surface area contributed by atoms with E-state index in [4.69, 9.17) is 4.74 Å². The Morgan fingerprint density at radius 2 is 2.10 bits per heavy atom. The number of likely N-dealkylation sites (N-methyl/N-ethyl adjacent to an activating group) is 1. The molecule has 3 unspecified atom stereocenters. The van der Waals surface area contributed by atoms with Crippen LogP contribution in [0, 0.1) is 5.92 Å². The van der Waals surface area contributed by atoms with Gasteiger partial charge in [0.15, 0.2) is 0 Å². The summed E-state index contributed by atoms with van der Waals surface area (Å²) in [6.45, 7) is 4.69. The van der Waals surface area contributed by atoms with E-state index in [0.29, 0.717) is 12.0 Å². The number of likely N-dealkylation sites (tertiary alicyclic amines) is 1. The van der Waals surface area contributed by atoms with E-state index in [1.807, 2.05) is 7.05 Å². The second-order valence-corrected chi connectivity index (χ2v) is 6.83. The molecule has 1 saturated heterocycles. The van der Waals surface area contributed by atoms with Crippen molar-refractivity contribution in [1.29, 1.82) is 0 Å². The molecule has 4 heteroatoms. The molecule has 3 atom stereocenters. The van der Waals surface area contributed by atoms with E-state index in [2.05, 4.69) is 17.1 Å². The number of rotatable bonds is 5. The van der Waals surface area contributed by atoms with Crippen molar-refractivity contribution < 1.29 is 9.53 Å². The van der Waals surface area contributed by atoms with Gasteiger partial charge in [0.05, 0.1) is 7.11 Å². The van der Waals surface area contributed by atoms with Crippen LogP contribution in [0.3, 0.4) is 0 Å². The first-order valence-electron chi connectivity index (χ1n) is 8.65. The first-order valence-corrected chi connectivity index (χ1v) is 8.65. The minimum absolute atomic E-state index is 0.0728. The van der Waals surface area contributed by atoms with Crippen molar-refractivity contribution in [3.05, 3.63) is 0 Å². The molecule has 1 aliphatic carbocycles. The Labute approximate surface area is 129 Å². The monoisotopic (exact) mass is 296 g/mol. The summed E-state index contributed by atoms with van der Waals surface area (Å²) in [6, 6.07) is 0.691. The van der Waals surface area contributed by atoms with Crippen LogP contribution in [-0.4, -0.2) is 49.7 Å². The van der Waals surface area contributed by atoms with Crippen molar-refractivity contribution in [2.45, 2.75) is 69.9 Å². The minimum Gasteiger partial charge on any atom is -0.468 e. The van der Waals surface area contributed by atoms with E-state index >= 15 is 0 Å². The van der Waals surface area contributed by atoms with Crippen molar-refractivity contribution in [2.24, 2.45) is 5.92 Å². The lowest BCUT2D eigenvalue weighted by molar-refractivity contribution is -0.150. The fourth-order valence-corrected chi connectivity index (χ4v) is 4.34. The number of carbonyl (C=O) groups excluding carboxylic acids is 1. The average Bonchev–Trinajstić information content (AvgIpc) is 2.82. The highest BCUT2D eigenvalue weighted by Gasteiger charge is 2.48. The van der Waals surface area contributed by atoms with Gasteiger partial charge >= 0.3 is 5.97 Å². The molecule has 2 fully saturated rings. The maximum atomic E-state index is 12.2. The molecule has 2 aliphatic rings. The zero-order valence-corrected chi connectivity index (χ0v) is 14.0. The highest BCUT2D eigenvalue weighted by atomic mass is 16.5. The largest absolute Gasteiger partial charge is 0.468 e. The molecule has 0 aromatic rings. The molecule has 0 aromatic carbocycles. The van der Waals surface area contributed by atoms with Gasteiger partial charge in [-0.25, -0.2) is 0 Å². The number of esters is 1. The van der Waals surface area contributed by atoms with Gasteiger partial charge in [0.1, 0.15) is 5.54 Å². The van der Waals surface area contributed by atoms with Gasteiger partial charge in [-0.2, -0.15) is 0 Å². The Hall–Kier alpha value is -0.610. The molecule has 0 aromatic heterocycles. The van der Waals surface area contributed by atoms with Gasteiger partial charge in [0.25, 0.3) is 0 Å². The maximum absolute atomic E-state index is 12.2. The van der Waals surface area contributed by atoms with Crippen LogP contribution < -0.4 is 5.32 Å². The lowest BCUT2D eigenvalue weighted by Crippen LogP contribution is -2.54. The predicted molar refractivity (Wildman–Crippen MR) is 85.3 cm³/mol. The fraction of sp³-hybridized carbons (Fsp3) is 0.941. The molecule has 1 heterocycles. The Bertz CT molecular complexity index is 348. The third-order valence-electron chi connectivity index (χ3n) is 5.77. The summed E-state index contributed by atoms with van der Waals surface area (Å²) in [6.07, 6.45) is 9.64. The molecule has 0 spiro atoms. The van der Waals surface area contributed by atoms with Crippen molar-refractivity contribution in [3.63, 3.8) is 0 Å². The molecule has 2 rings (SSSR count). The minimum atomic E-state index is -0.441.